The Hall–Kier alpha value is -1.51. The summed E-state index contributed by atoms with van der Waals surface area (Å²) in [5, 5.41) is 0. The first kappa shape index (κ1) is 18.8. The average Bonchev–Trinajstić information content (AvgIpc) is 3.44. The first-order chi connectivity index (χ1) is 12.8. The lowest BCUT2D eigenvalue weighted by Crippen LogP contribution is -2.21. The Labute approximate surface area is 167 Å². The number of aryl methyl sites for hydroxylation is 2. The van der Waals surface area contributed by atoms with Crippen LogP contribution in [0.1, 0.15) is 73.8 Å². The number of ether oxygens (including phenoxy) is 2. The summed E-state index contributed by atoms with van der Waals surface area (Å²) in [5.74, 6) is 1.67. The van der Waals surface area contributed by atoms with E-state index in [0.717, 1.165) is 30.8 Å². The molecule has 1 fully saturated rings. The van der Waals surface area contributed by atoms with Gasteiger partial charge in [-0.1, -0.05) is 29.8 Å². The normalized spacial score (nSPS) is 18.0. The van der Waals surface area contributed by atoms with Crippen molar-refractivity contribution in [2.45, 2.75) is 70.5 Å². The Balaban J connectivity index is 1.86. The molecule has 2 aromatic rings. The summed E-state index contributed by atoms with van der Waals surface area (Å²) in [5.41, 5.74) is 6.77. The van der Waals surface area contributed by atoms with Gasteiger partial charge in [0.1, 0.15) is 5.75 Å². The van der Waals surface area contributed by atoms with Crippen molar-refractivity contribution in [3.05, 3.63) is 52.6 Å². The van der Waals surface area contributed by atoms with Crippen LogP contribution in [0, 0.1) is 6.92 Å². The third-order valence-corrected chi connectivity index (χ3v) is 5.70. The molecule has 1 aliphatic carbocycles. The van der Waals surface area contributed by atoms with Crippen molar-refractivity contribution in [2.24, 2.45) is 0 Å². The van der Waals surface area contributed by atoms with Gasteiger partial charge in [-0.15, -0.1) is 0 Å². The van der Waals surface area contributed by atoms with Gasteiger partial charge in [-0.2, -0.15) is 0 Å². The molecule has 2 aliphatic rings. The van der Waals surface area contributed by atoms with E-state index < -0.39 is 5.56 Å². The zero-order valence-electron chi connectivity index (χ0n) is 16.8. The first-order valence-corrected chi connectivity index (χ1v) is 10.5. The molecule has 0 bridgehead atoms. The molecule has 0 N–H and O–H groups in total. The van der Waals surface area contributed by atoms with Crippen LogP contribution in [-0.4, -0.2) is 12.2 Å². The van der Waals surface area contributed by atoms with Crippen molar-refractivity contribution in [3.63, 3.8) is 0 Å². The summed E-state index contributed by atoms with van der Waals surface area (Å²) in [6.45, 7) is 9.12. The summed E-state index contributed by atoms with van der Waals surface area (Å²) in [4.78, 5) is 0. The summed E-state index contributed by atoms with van der Waals surface area (Å²) in [6.07, 6.45) is 4.68. The molecular weight excluding hydrogens is 356 g/mol. The van der Waals surface area contributed by atoms with Crippen LogP contribution in [0.25, 0.3) is 11.1 Å². The van der Waals surface area contributed by atoms with Crippen LogP contribution in [0.2, 0.25) is 0 Å². The Morgan fingerprint density at radius 3 is 2.63 bits per heavy atom. The lowest BCUT2D eigenvalue weighted by atomic mass is 9.88. The quantitative estimate of drug-likeness (QED) is 0.533. The largest absolute Gasteiger partial charge is 0.493 e. The van der Waals surface area contributed by atoms with E-state index >= 15 is 0 Å². The van der Waals surface area contributed by atoms with Gasteiger partial charge >= 0.3 is 0 Å². The van der Waals surface area contributed by atoms with E-state index in [4.69, 9.17) is 21.1 Å². The van der Waals surface area contributed by atoms with Gasteiger partial charge in [-0.3, -0.25) is 0 Å². The highest BCUT2D eigenvalue weighted by Gasteiger charge is 2.31. The van der Waals surface area contributed by atoms with Crippen molar-refractivity contribution in [3.8, 4) is 16.9 Å². The van der Waals surface area contributed by atoms with E-state index in [0.29, 0.717) is 5.92 Å². The number of hydrogen-bond acceptors (Lipinski definition) is 2. The maximum absolute atomic E-state index is 6.84. The van der Waals surface area contributed by atoms with E-state index in [9.17, 15) is 0 Å². The van der Waals surface area contributed by atoms with Gasteiger partial charge in [-0.25, -0.2) is 0 Å². The summed E-state index contributed by atoms with van der Waals surface area (Å²) in [6, 6.07) is 11.1. The highest BCUT2D eigenvalue weighted by Crippen LogP contribution is 2.49. The lowest BCUT2D eigenvalue weighted by Gasteiger charge is -2.28. The van der Waals surface area contributed by atoms with Crippen LogP contribution in [0.4, 0.5) is 0 Å². The van der Waals surface area contributed by atoms with E-state index in [1.807, 2.05) is 0 Å². The fraction of sp³-hybridized carbons (Fsp3) is 0.500. The Morgan fingerprint density at radius 2 is 1.93 bits per heavy atom. The highest BCUT2D eigenvalue weighted by atomic mass is 35.5. The molecular formula is C24H29ClO2. The first-order valence-electron chi connectivity index (χ1n) is 10.0. The van der Waals surface area contributed by atoms with E-state index in [2.05, 4.69) is 58.0 Å². The average molecular weight is 385 g/mol. The van der Waals surface area contributed by atoms with Crippen LogP contribution in [0.15, 0.2) is 30.3 Å². The molecule has 0 spiro atoms. The number of halogens is 1. The van der Waals surface area contributed by atoms with Crippen LogP contribution in [0.5, 0.6) is 5.75 Å². The number of benzene rings is 2. The van der Waals surface area contributed by atoms with Gasteiger partial charge in [0.2, 0.25) is 0 Å². The summed E-state index contributed by atoms with van der Waals surface area (Å²) < 4.78 is 12.0. The molecule has 0 radical (unpaired) electrons. The molecule has 2 aromatic carbocycles. The molecule has 27 heavy (non-hydrogen) atoms. The van der Waals surface area contributed by atoms with Crippen molar-refractivity contribution in [2.75, 3.05) is 6.61 Å². The van der Waals surface area contributed by atoms with Crippen molar-refractivity contribution < 1.29 is 9.47 Å². The molecule has 4 rings (SSSR count). The van der Waals surface area contributed by atoms with Crippen molar-refractivity contribution in [1.82, 2.24) is 0 Å². The molecule has 1 heterocycles. The van der Waals surface area contributed by atoms with Gasteiger partial charge in [0.05, 0.1) is 12.2 Å². The van der Waals surface area contributed by atoms with E-state index in [-0.39, 0.29) is 5.60 Å². The molecule has 0 saturated heterocycles. The minimum atomic E-state index is -0.467. The molecule has 1 atom stereocenters. The molecule has 1 aliphatic heterocycles. The predicted molar refractivity (Wildman–Crippen MR) is 112 cm³/mol. The molecule has 1 unspecified atom stereocenters. The van der Waals surface area contributed by atoms with Gasteiger partial charge < -0.3 is 9.47 Å². The van der Waals surface area contributed by atoms with Crippen molar-refractivity contribution in [1.29, 1.82) is 0 Å². The zero-order chi connectivity index (χ0) is 19.2. The van der Waals surface area contributed by atoms with Crippen molar-refractivity contribution >= 4 is 11.6 Å². The molecule has 2 nitrogen and oxygen atoms in total. The third-order valence-electron chi connectivity index (χ3n) is 5.39. The molecule has 0 aromatic heterocycles. The standard InChI is InChI=1S/C24H29ClO2/c1-15-7-11-19(16-8-9-16)22(21(15)23(25)27-24(2,3)4)18-10-12-20-17(14-18)6-5-13-26-20/h7,10-12,14,16,23H,5-6,8-9,13H2,1-4H3. The second kappa shape index (κ2) is 7.14. The lowest BCUT2D eigenvalue weighted by molar-refractivity contribution is -0.0238. The minimum absolute atomic E-state index is 0.296. The molecule has 1 saturated carbocycles. The maximum Gasteiger partial charge on any atom is 0.158 e. The van der Waals surface area contributed by atoms with Crippen LogP contribution in [0.3, 0.4) is 0 Å². The number of alkyl halides is 1. The Bertz CT molecular complexity index is 846. The second-order valence-electron chi connectivity index (χ2n) is 8.86. The third kappa shape index (κ3) is 4.02. The topological polar surface area (TPSA) is 18.5 Å². The molecule has 0 amide bonds. The fourth-order valence-electron chi connectivity index (χ4n) is 3.97. The SMILES string of the molecule is Cc1ccc(C2CC2)c(-c2ccc3c(c2)CCCO3)c1C(Cl)OC(C)(C)C. The van der Waals surface area contributed by atoms with Gasteiger partial charge in [0, 0.05) is 5.56 Å². The van der Waals surface area contributed by atoms with Gasteiger partial charge in [-0.05, 0) is 99.2 Å². The second-order valence-corrected chi connectivity index (χ2v) is 9.25. The smallest absolute Gasteiger partial charge is 0.158 e. The Morgan fingerprint density at radius 1 is 1.15 bits per heavy atom. The molecule has 3 heteroatoms. The summed E-state index contributed by atoms with van der Waals surface area (Å²) in [7, 11) is 0. The fourth-order valence-corrected chi connectivity index (χ4v) is 4.52. The van der Waals surface area contributed by atoms with Gasteiger partial charge in [0.25, 0.3) is 0 Å². The Kier molecular flexibility index (Phi) is 4.98. The predicted octanol–water partition coefficient (Wildman–Crippen LogP) is 6.92. The van der Waals surface area contributed by atoms with E-state index in [1.54, 1.807) is 0 Å². The minimum Gasteiger partial charge on any atom is -0.493 e. The monoisotopic (exact) mass is 384 g/mol. The number of fused-ring (bicyclic) bond motifs is 1. The van der Waals surface area contributed by atoms with Gasteiger partial charge in [0.15, 0.2) is 5.56 Å². The van der Waals surface area contributed by atoms with E-state index in [1.165, 1.54) is 40.7 Å². The highest BCUT2D eigenvalue weighted by molar-refractivity contribution is 6.20. The number of rotatable bonds is 4. The molecule has 144 valence electrons. The van der Waals surface area contributed by atoms with Crippen LogP contribution < -0.4 is 4.74 Å². The zero-order valence-corrected chi connectivity index (χ0v) is 17.5. The summed E-state index contributed by atoms with van der Waals surface area (Å²) >= 11 is 6.84. The maximum atomic E-state index is 6.84. The number of hydrogen-bond donors (Lipinski definition) is 0. The van der Waals surface area contributed by atoms with Crippen LogP contribution >= 0.6 is 11.6 Å². The van der Waals surface area contributed by atoms with Crippen LogP contribution in [-0.2, 0) is 11.2 Å².